The van der Waals surface area contributed by atoms with Crippen LogP contribution in [-0.2, 0) is 0 Å². The lowest BCUT2D eigenvalue weighted by atomic mass is 9.89. The van der Waals surface area contributed by atoms with Crippen LogP contribution in [0.2, 0.25) is 0 Å². The molecular formula is C13H21N3OS. The van der Waals surface area contributed by atoms with Crippen molar-refractivity contribution in [1.29, 1.82) is 0 Å². The fourth-order valence-corrected chi connectivity index (χ4v) is 4.42. The number of hydrogen-bond donors (Lipinski definition) is 1. The van der Waals surface area contributed by atoms with E-state index in [1.807, 2.05) is 18.8 Å². The summed E-state index contributed by atoms with van der Waals surface area (Å²) in [5.74, 6) is 4.97. The van der Waals surface area contributed by atoms with Crippen molar-refractivity contribution in [2.75, 3.05) is 18.6 Å². The van der Waals surface area contributed by atoms with Crippen LogP contribution in [0.3, 0.4) is 0 Å². The third-order valence-corrected chi connectivity index (χ3v) is 5.39. The van der Waals surface area contributed by atoms with Crippen LogP contribution >= 0.6 is 11.8 Å². The van der Waals surface area contributed by atoms with Gasteiger partial charge in [0.25, 0.3) is 0 Å². The number of aromatic nitrogens is 2. The van der Waals surface area contributed by atoms with E-state index < -0.39 is 0 Å². The lowest BCUT2D eigenvalue weighted by Gasteiger charge is -2.17. The number of rotatable bonds is 3. The SMILES string of the molecule is CNC1CSCC1c1nc(C2CCCCC2)no1. The van der Waals surface area contributed by atoms with Crippen molar-refractivity contribution < 1.29 is 4.52 Å². The van der Waals surface area contributed by atoms with E-state index in [4.69, 9.17) is 4.52 Å². The number of nitrogens with zero attached hydrogens (tertiary/aromatic N) is 2. The van der Waals surface area contributed by atoms with Crippen LogP contribution < -0.4 is 5.32 Å². The molecule has 1 aromatic rings. The molecule has 18 heavy (non-hydrogen) atoms. The fourth-order valence-electron chi connectivity index (χ4n) is 3.01. The van der Waals surface area contributed by atoms with Crippen molar-refractivity contribution in [3.8, 4) is 0 Å². The van der Waals surface area contributed by atoms with Gasteiger partial charge in [-0.3, -0.25) is 0 Å². The van der Waals surface area contributed by atoms with Crippen molar-refractivity contribution >= 4 is 11.8 Å². The van der Waals surface area contributed by atoms with Gasteiger partial charge < -0.3 is 9.84 Å². The minimum absolute atomic E-state index is 0.393. The highest BCUT2D eigenvalue weighted by atomic mass is 32.2. The van der Waals surface area contributed by atoms with E-state index in [-0.39, 0.29) is 0 Å². The van der Waals surface area contributed by atoms with E-state index in [9.17, 15) is 0 Å². The summed E-state index contributed by atoms with van der Waals surface area (Å²) in [5, 5.41) is 7.58. The van der Waals surface area contributed by atoms with Crippen LogP contribution in [0.4, 0.5) is 0 Å². The van der Waals surface area contributed by atoms with Gasteiger partial charge in [-0.05, 0) is 19.9 Å². The Labute approximate surface area is 112 Å². The van der Waals surface area contributed by atoms with Crippen molar-refractivity contribution in [2.45, 2.75) is 50.0 Å². The molecule has 2 aliphatic rings. The van der Waals surface area contributed by atoms with Crippen molar-refractivity contribution in [3.63, 3.8) is 0 Å². The molecule has 0 bridgehead atoms. The fraction of sp³-hybridized carbons (Fsp3) is 0.846. The summed E-state index contributed by atoms with van der Waals surface area (Å²) >= 11 is 1.96. The molecule has 0 amide bonds. The second kappa shape index (κ2) is 5.61. The monoisotopic (exact) mass is 267 g/mol. The molecule has 4 nitrogen and oxygen atoms in total. The average molecular weight is 267 g/mol. The summed E-state index contributed by atoms with van der Waals surface area (Å²) in [6.45, 7) is 0. The maximum absolute atomic E-state index is 5.52. The van der Waals surface area contributed by atoms with Crippen LogP contribution in [0.25, 0.3) is 0 Å². The van der Waals surface area contributed by atoms with Gasteiger partial charge in [0.2, 0.25) is 5.89 Å². The summed E-state index contributed by atoms with van der Waals surface area (Å²) in [6.07, 6.45) is 6.45. The molecule has 3 rings (SSSR count). The minimum atomic E-state index is 0.393. The van der Waals surface area contributed by atoms with Gasteiger partial charge in [-0.2, -0.15) is 16.7 Å². The van der Waals surface area contributed by atoms with Crippen molar-refractivity contribution in [2.24, 2.45) is 0 Å². The Hall–Kier alpha value is -0.550. The Kier molecular flexibility index (Phi) is 3.89. The quantitative estimate of drug-likeness (QED) is 0.912. The number of nitrogens with one attached hydrogen (secondary N) is 1. The molecule has 100 valence electrons. The number of thioether (sulfide) groups is 1. The third-order valence-electron chi connectivity index (χ3n) is 4.20. The molecule has 2 atom stereocenters. The van der Waals surface area contributed by atoms with E-state index >= 15 is 0 Å². The molecule has 2 fully saturated rings. The van der Waals surface area contributed by atoms with Crippen LogP contribution in [0.1, 0.15) is 55.7 Å². The predicted octanol–water partition coefficient (Wildman–Crippen LogP) is 2.54. The van der Waals surface area contributed by atoms with Crippen molar-refractivity contribution in [1.82, 2.24) is 15.5 Å². The van der Waals surface area contributed by atoms with Gasteiger partial charge in [0.1, 0.15) is 0 Å². The van der Waals surface area contributed by atoms with Crippen molar-refractivity contribution in [3.05, 3.63) is 11.7 Å². The normalized spacial score (nSPS) is 29.8. The summed E-state index contributed by atoms with van der Waals surface area (Å²) in [7, 11) is 2.02. The highest BCUT2D eigenvalue weighted by Crippen LogP contribution is 2.35. The highest BCUT2D eigenvalue weighted by Gasteiger charge is 2.33. The first-order valence-corrected chi connectivity index (χ1v) is 8.12. The maximum Gasteiger partial charge on any atom is 0.232 e. The van der Waals surface area contributed by atoms with Gasteiger partial charge in [-0.15, -0.1) is 0 Å². The first-order chi connectivity index (χ1) is 8.88. The van der Waals surface area contributed by atoms with E-state index in [0.717, 1.165) is 23.2 Å². The largest absolute Gasteiger partial charge is 0.339 e. The lowest BCUT2D eigenvalue weighted by molar-refractivity contribution is 0.333. The zero-order valence-electron chi connectivity index (χ0n) is 10.9. The van der Waals surface area contributed by atoms with Gasteiger partial charge >= 0.3 is 0 Å². The molecule has 1 aliphatic carbocycles. The summed E-state index contributed by atoms with van der Waals surface area (Å²) in [5.41, 5.74) is 0. The average Bonchev–Trinajstić information content (AvgIpc) is 3.08. The summed E-state index contributed by atoms with van der Waals surface area (Å²) in [6, 6.07) is 0.481. The molecule has 1 saturated heterocycles. The molecule has 2 unspecified atom stereocenters. The predicted molar refractivity (Wildman–Crippen MR) is 73.0 cm³/mol. The third kappa shape index (κ3) is 2.43. The molecule has 1 N–H and O–H groups in total. The van der Waals surface area contributed by atoms with Gasteiger partial charge in [-0.1, -0.05) is 24.4 Å². The zero-order valence-corrected chi connectivity index (χ0v) is 11.7. The minimum Gasteiger partial charge on any atom is -0.339 e. The number of likely N-dealkylation sites (N-methyl/N-ethyl adjacent to an activating group) is 1. The molecule has 1 saturated carbocycles. The Bertz CT molecular complexity index is 389. The molecule has 0 spiro atoms. The Morgan fingerprint density at radius 1 is 1.22 bits per heavy atom. The Balaban J connectivity index is 1.72. The van der Waals surface area contributed by atoms with E-state index in [2.05, 4.69) is 15.5 Å². The molecule has 1 aromatic heterocycles. The molecule has 0 aromatic carbocycles. The van der Waals surface area contributed by atoms with E-state index in [1.54, 1.807) is 0 Å². The lowest BCUT2D eigenvalue weighted by Crippen LogP contribution is -2.31. The van der Waals surface area contributed by atoms with Gasteiger partial charge in [-0.25, -0.2) is 0 Å². The van der Waals surface area contributed by atoms with Gasteiger partial charge in [0, 0.05) is 23.5 Å². The van der Waals surface area contributed by atoms with Crippen LogP contribution in [0, 0.1) is 0 Å². The van der Waals surface area contributed by atoms with Crippen LogP contribution in [-0.4, -0.2) is 34.7 Å². The second-order valence-electron chi connectivity index (χ2n) is 5.36. The van der Waals surface area contributed by atoms with E-state index in [0.29, 0.717) is 17.9 Å². The first kappa shape index (κ1) is 12.5. The molecule has 1 aliphatic heterocycles. The van der Waals surface area contributed by atoms with Gasteiger partial charge in [0.05, 0.1) is 5.92 Å². The standard InChI is InChI=1S/C13H21N3OS/c1-14-11-8-18-7-10(11)13-15-12(16-17-13)9-5-3-2-4-6-9/h9-11,14H,2-8H2,1H3. The van der Waals surface area contributed by atoms with Crippen LogP contribution in [0.5, 0.6) is 0 Å². The number of hydrogen-bond acceptors (Lipinski definition) is 5. The van der Waals surface area contributed by atoms with Crippen LogP contribution in [0.15, 0.2) is 4.52 Å². The first-order valence-electron chi connectivity index (χ1n) is 6.97. The maximum atomic E-state index is 5.52. The summed E-state index contributed by atoms with van der Waals surface area (Å²) in [4.78, 5) is 4.68. The smallest absolute Gasteiger partial charge is 0.232 e. The Morgan fingerprint density at radius 2 is 2.06 bits per heavy atom. The molecule has 2 heterocycles. The highest BCUT2D eigenvalue weighted by molar-refractivity contribution is 7.99. The molecular weight excluding hydrogens is 246 g/mol. The van der Waals surface area contributed by atoms with Gasteiger partial charge in [0.15, 0.2) is 5.82 Å². The molecule has 5 heteroatoms. The summed E-state index contributed by atoms with van der Waals surface area (Å²) < 4.78 is 5.52. The Morgan fingerprint density at radius 3 is 2.83 bits per heavy atom. The molecule has 0 radical (unpaired) electrons. The zero-order chi connectivity index (χ0) is 12.4. The second-order valence-corrected chi connectivity index (χ2v) is 6.44. The van der Waals surface area contributed by atoms with E-state index in [1.165, 1.54) is 32.1 Å². The topological polar surface area (TPSA) is 51.0 Å².